The SMILES string of the molecule is CN(C)c1ccc(-c2ccc(S(C)(=O)=O)cc2)cc1. The molecule has 0 aliphatic heterocycles. The molecule has 0 unspecified atom stereocenters. The molecule has 0 N–H and O–H groups in total. The average molecular weight is 275 g/mol. The lowest BCUT2D eigenvalue weighted by Crippen LogP contribution is -2.07. The Labute approximate surface area is 114 Å². The number of anilines is 1. The summed E-state index contributed by atoms with van der Waals surface area (Å²) in [6.07, 6.45) is 1.22. The Hall–Kier alpha value is -1.81. The van der Waals surface area contributed by atoms with Crippen LogP contribution in [-0.2, 0) is 9.84 Å². The fourth-order valence-electron chi connectivity index (χ4n) is 1.85. The highest BCUT2D eigenvalue weighted by molar-refractivity contribution is 7.90. The summed E-state index contributed by atoms with van der Waals surface area (Å²) in [7, 11) is 0.865. The first-order valence-electron chi connectivity index (χ1n) is 5.96. The third-order valence-corrected chi connectivity index (χ3v) is 4.13. The van der Waals surface area contributed by atoms with Gasteiger partial charge in [0.15, 0.2) is 9.84 Å². The van der Waals surface area contributed by atoms with E-state index in [9.17, 15) is 8.42 Å². The van der Waals surface area contributed by atoms with E-state index in [-0.39, 0.29) is 0 Å². The van der Waals surface area contributed by atoms with Crippen LogP contribution in [0.5, 0.6) is 0 Å². The Balaban J connectivity index is 2.32. The molecule has 0 fully saturated rings. The van der Waals surface area contributed by atoms with Crippen molar-refractivity contribution < 1.29 is 8.42 Å². The van der Waals surface area contributed by atoms with Gasteiger partial charge in [0.2, 0.25) is 0 Å². The van der Waals surface area contributed by atoms with Gasteiger partial charge in [-0.2, -0.15) is 0 Å². The highest BCUT2D eigenvalue weighted by atomic mass is 32.2. The van der Waals surface area contributed by atoms with Crippen LogP contribution in [0.4, 0.5) is 5.69 Å². The smallest absolute Gasteiger partial charge is 0.175 e. The van der Waals surface area contributed by atoms with Gasteiger partial charge in [-0.05, 0) is 35.4 Å². The Morgan fingerprint density at radius 2 is 1.21 bits per heavy atom. The van der Waals surface area contributed by atoms with Crippen LogP contribution >= 0.6 is 0 Å². The van der Waals surface area contributed by atoms with E-state index in [0.29, 0.717) is 4.90 Å². The predicted molar refractivity (Wildman–Crippen MR) is 79.3 cm³/mol. The van der Waals surface area contributed by atoms with Gasteiger partial charge >= 0.3 is 0 Å². The molecule has 0 aliphatic carbocycles. The molecule has 0 aliphatic rings. The standard InChI is InChI=1S/C15H17NO2S/c1-16(2)14-8-4-12(5-9-14)13-6-10-15(11-7-13)19(3,17)18/h4-11H,1-3H3. The zero-order valence-corrected chi connectivity index (χ0v) is 12.1. The fraction of sp³-hybridized carbons (Fsp3) is 0.200. The van der Waals surface area contributed by atoms with Gasteiger partial charge in [0.1, 0.15) is 0 Å². The lowest BCUT2D eigenvalue weighted by Gasteiger charge is -2.12. The van der Waals surface area contributed by atoms with E-state index in [4.69, 9.17) is 0 Å². The molecule has 0 saturated heterocycles. The maximum Gasteiger partial charge on any atom is 0.175 e. The van der Waals surface area contributed by atoms with Gasteiger partial charge in [0.05, 0.1) is 4.90 Å². The van der Waals surface area contributed by atoms with Crippen molar-refractivity contribution in [1.82, 2.24) is 0 Å². The predicted octanol–water partition coefficient (Wildman–Crippen LogP) is 2.82. The molecular weight excluding hydrogens is 258 g/mol. The molecule has 19 heavy (non-hydrogen) atoms. The van der Waals surface area contributed by atoms with Crippen molar-refractivity contribution in [1.29, 1.82) is 0 Å². The summed E-state index contributed by atoms with van der Waals surface area (Å²) in [5.41, 5.74) is 3.22. The molecule has 4 heteroatoms. The second kappa shape index (κ2) is 5.05. The molecule has 0 atom stereocenters. The van der Waals surface area contributed by atoms with Crippen LogP contribution < -0.4 is 4.90 Å². The molecule has 0 spiro atoms. The normalized spacial score (nSPS) is 11.3. The van der Waals surface area contributed by atoms with Gasteiger partial charge in [0, 0.05) is 26.0 Å². The zero-order valence-electron chi connectivity index (χ0n) is 11.3. The molecule has 2 rings (SSSR count). The van der Waals surface area contributed by atoms with Gasteiger partial charge < -0.3 is 4.90 Å². The van der Waals surface area contributed by atoms with Gasteiger partial charge in [-0.25, -0.2) is 8.42 Å². The van der Waals surface area contributed by atoms with E-state index >= 15 is 0 Å². The first kappa shape index (κ1) is 13.6. The largest absolute Gasteiger partial charge is 0.378 e. The quantitative estimate of drug-likeness (QED) is 0.864. The summed E-state index contributed by atoms with van der Waals surface area (Å²) in [5.74, 6) is 0. The van der Waals surface area contributed by atoms with E-state index in [0.717, 1.165) is 16.8 Å². The maximum atomic E-state index is 11.4. The van der Waals surface area contributed by atoms with E-state index in [1.54, 1.807) is 12.1 Å². The lowest BCUT2D eigenvalue weighted by atomic mass is 10.1. The number of hydrogen-bond acceptors (Lipinski definition) is 3. The van der Waals surface area contributed by atoms with Crippen LogP contribution in [0.3, 0.4) is 0 Å². The summed E-state index contributed by atoms with van der Waals surface area (Å²) in [6, 6.07) is 15.1. The first-order valence-corrected chi connectivity index (χ1v) is 7.85. The van der Waals surface area contributed by atoms with Crippen molar-refractivity contribution in [3.05, 3.63) is 48.5 Å². The Bertz CT molecular complexity index is 656. The summed E-state index contributed by atoms with van der Waals surface area (Å²) in [5, 5.41) is 0. The first-order chi connectivity index (χ1) is 8.88. The summed E-state index contributed by atoms with van der Waals surface area (Å²) in [4.78, 5) is 2.39. The number of sulfone groups is 1. The Morgan fingerprint density at radius 3 is 1.58 bits per heavy atom. The molecule has 0 radical (unpaired) electrons. The molecule has 0 aromatic heterocycles. The minimum Gasteiger partial charge on any atom is -0.378 e. The summed E-state index contributed by atoms with van der Waals surface area (Å²) in [6.45, 7) is 0. The lowest BCUT2D eigenvalue weighted by molar-refractivity contribution is 0.602. The molecule has 0 amide bonds. The summed E-state index contributed by atoms with van der Waals surface area (Å²) < 4.78 is 22.8. The third-order valence-electron chi connectivity index (χ3n) is 3.00. The van der Waals surface area contributed by atoms with E-state index in [1.807, 2.05) is 55.4 Å². The Kier molecular flexibility index (Phi) is 3.62. The van der Waals surface area contributed by atoms with Crippen LogP contribution in [0.2, 0.25) is 0 Å². The maximum absolute atomic E-state index is 11.4. The molecular formula is C15H17NO2S. The number of rotatable bonds is 3. The molecule has 3 nitrogen and oxygen atoms in total. The van der Waals surface area contributed by atoms with Crippen LogP contribution in [0, 0.1) is 0 Å². The Morgan fingerprint density at radius 1 is 0.789 bits per heavy atom. The van der Waals surface area contributed by atoms with Crippen LogP contribution in [-0.4, -0.2) is 28.8 Å². The minimum atomic E-state index is -3.13. The zero-order chi connectivity index (χ0) is 14.0. The number of nitrogens with zero attached hydrogens (tertiary/aromatic N) is 1. The average Bonchev–Trinajstić information content (AvgIpc) is 2.38. The van der Waals surface area contributed by atoms with Gasteiger partial charge in [-0.3, -0.25) is 0 Å². The highest BCUT2D eigenvalue weighted by Gasteiger charge is 2.06. The van der Waals surface area contributed by atoms with Crippen molar-refractivity contribution in [3.8, 4) is 11.1 Å². The van der Waals surface area contributed by atoms with Gasteiger partial charge in [0.25, 0.3) is 0 Å². The van der Waals surface area contributed by atoms with Crippen LogP contribution in [0.25, 0.3) is 11.1 Å². The van der Waals surface area contributed by atoms with E-state index < -0.39 is 9.84 Å². The van der Waals surface area contributed by atoms with Crippen molar-refractivity contribution >= 4 is 15.5 Å². The molecule has 100 valence electrons. The molecule has 0 saturated carbocycles. The monoisotopic (exact) mass is 275 g/mol. The van der Waals surface area contributed by atoms with E-state index in [2.05, 4.69) is 0 Å². The van der Waals surface area contributed by atoms with Gasteiger partial charge in [-0.15, -0.1) is 0 Å². The number of benzene rings is 2. The summed E-state index contributed by atoms with van der Waals surface area (Å²) >= 11 is 0. The number of hydrogen-bond donors (Lipinski definition) is 0. The fourth-order valence-corrected chi connectivity index (χ4v) is 2.48. The van der Waals surface area contributed by atoms with Gasteiger partial charge in [-0.1, -0.05) is 24.3 Å². The van der Waals surface area contributed by atoms with Crippen molar-refractivity contribution in [2.45, 2.75) is 4.90 Å². The third kappa shape index (κ3) is 3.15. The second-order valence-corrected chi connectivity index (χ2v) is 6.75. The highest BCUT2D eigenvalue weighted by Crippen LogP contribution is 2.23. The topological polar surface area (TPSA) is 37.4 Å². The van der Waals surface area contributed by atoms with Crippen LogP contribution in [0.15, 0.2) is 53.4 Å². The molecule has 0 heterocycles. The molecule has 2 aromatic carbocycles. The van der Waals surface area contributed by atoms with Crippen molar-refractivity contribution in [2.75, 3.05) is 25.3 Å². The second-order valence-electron chi connectivity index (χ2n) is 4.74. The van der Waals surface area contributed by atoms with Crippen LogP contribution in [0.1, 0.15) is 0 Å². The van der Waals surface area contributed by atoms with Crippen molar-refractivity contribution in [3.63, 3.8) is 0 Å². The van der Waals surface area contributed by atoms with E-state index in [1.165, 1.54) is 6.26 Å². The molecule has 0 bridgehead atoms. The van der Waals surface area contributed by atoms with Crippen molar-refractivity contribution in [2.24, 2.45) is 0 Å². The molecule has 2 aromatic rings. The minimum absolute atomic E-state index is 0.348.